The van der Waals surface area contributed by atoms with Crippen molar-refractivity contribution < 1.29 is 9.53 Å². The summed E-state index contributed by atoms with van der Waals surface area (Å²) in [6, 6.07) is 4.08. The van der Waals surface area contributed by atoms with Crippen molar-refractivity contribution in [3.8, 4) is 0 Å². The van der Waals surface area contributed by atoms with E-state index in [0.717, 1.165) is 44.3 Å². The molecule has 0 radical (unpaired) electrons. The predicted molar refractivity (Wildman–Crippen MR) is 89.1 cm³/mol. The van der Waals surface area contributed by atoms with E-state index < -0.39 is 0 Å². The molecule has 2 N–H and O–H groups in total. The Balaban J connectivity index is 1.54. The second kappa shape index (κ2) is 7.30. The van der Waals surface area contributed by atoms with Crippen molar-refractivity contribution in [1.82, 2.24) is 15.6 Å². The lowest BCUT2D eigenvalue weighted by atomic mass is 9.89. The number of nitrogens with one attached hydrogen (secondary N) is 2. The van der Waals surface area contributed by atoms with Crippen LogP contribution in [0.2, 0.25) is 0 Å². The molecule has 0 aromatic carbocycles. The van der Waals surface area contributed by atoms with Crippen LogP contribution in [0, 0.1) is 0 Å². The second-order valence-corrected chi connectivity index (χ2v) is 6.79. The van der Waals surface area contributed by atoms with Crippen LogP contribution >= 0.6 is 0 Å². The zero-order valence-corrected chi connectivity index (χ0v) is 13.9. The van der Waals surface area contributed by atoms with E-state index in [0.29, 0.717) is 0 Å². The summed E-state index contributed by atoms with van der Waals surface area (Å²) in [5, 5.41) is 6.25. The molecule has 2 heterocycles. The predicted octanol–water partition coefficient (Wildman–Crippen LogP) is 3.32. The second-order valence-electron chi connectivity index (χ2n) is 6.79. The molecule has 2 fully saturated rings. The fourth-order valence-corrected chi connectivity index (χ4v) is 3.92. The highest BCUT2D eigenvalue weighted by Crippen LogP contribution is 2.39. The first-order valence-electron chi connectivity index (χ1n) is 8.82. The van der Waals surface area contributed by atoms with E-state index in [4.69, 9.17) is 4.74 Å². The summed E-state index contributed by atoms with van der Waals surface area (Å²) in [5.41, 5.74) is 1.13. The van der Waals surface area contributed by atoms with Gasteiger partial charge in [-0.3, -0.25) is 4.98 Å². The number of rotatable bonds is 4. The summed E-state index contributed by atoms with van der Waals surface area (Å²) in [6.07, 6.45) is 11.0. The van der Waals surface area contributed by atoms with E-state index in [2.05, 4.69) is 22.5 Å². The molecule has 1 saturated carbocycles. The lowest BCUT2D eigenvalue weighted by Gasteiger charge is -2.38. The van der Waals surface area contributed by atoms with Gasteiger partial charge in [0, 0.05) is 25.0 Å². The maximum Gasteiger partial charge on any atom is 0.315 e. The molecular formula is C18H27N3O2. The van der Waals surface area contributed by atoms with E-state index in [-0.39, 0.29) is 23.7 Å². The van der Waals surface area contributed by atoms with Crippen LogP contribution in [-0.2, 0) is 4.74 Å². The fraction of sp³-hybridized carbons (Fsp3) is 0.667. The minimum Gasteiger partial charge on any atom is -0.375 e. The van der Waals surface area contributed by atoms with Crippen LogP contribution in [0.4, 0.5) is 4.79 Å². The molecule has 3 rings (SSSR count). The van der Waals surface area contributed by atoms with E-state index in [1.807, 2.05) is 12.1 Å². The number of nitrogens with zero attached hydrogens (tertiary/aromatic N) is 1. The number of pyridine rings is 1. The SMILES string of the molecule is CC[C@@H](NC(=O)N[C@H]1CCOC2(CCCC2)C1)c1ccncc1. The van der Waals surface area contributed by atoms with Crippen LogP contribution in [0.15, 0.2) is 24.5 Å². The molecule has 5 heteroatoms. The van der Waals surface area contributed by atoms with Crippen LogP contribution < -0.4 is 10.6 Å². The number of aromatic nitrogens is 1. The van der Waals surface area contributed by atoms with Crippen LogP contribution in [0.1, 0.15) is 63.5 Å². The summed E-state index contributed by atoms with van der Waals surface area (Å²) in [5.74, 6) is 0. The monoisotopic (exact) mass is 317 g/mol. The molecular weight excluding hydrogens is 290 g/mol. The number of amides is 2. The van der Waals surface area contributed by atoms with Gasteiger partial charge in [0.1, 0.15) is 0 Å². The van der Waals surface area contributed by atoms with Gasteiger partial charge in [-0.25, -0.2) is 4.79 Å². The van der Waals surface area contributed by atoms with Crippen LogP contribution in [0.25, 0.3) is 0 Å². The first-order chi connectivity index (χ1) is 11.2. The zero-order valence-electron chi connectivity index (χ0n) is 13.9. The average Bonchev–Trinajstić information content (AvgIpc) is 3.01. The van der Waals surface area contributed by atoms with Gasteiger partial charge in [0.05, 0.1) is 11.6 Å². The Kier molecular flexibility index (Phi) is 5.16. The fourth-order valence-electron chi connectivity index (χ4n) is 3.92. The van der Waals surface area contributed by atoms with E-state index in [1.165, 1.54) is 12.8 Å². The number of hydrogen-bond donors (Lipinski definition) is 2. The third-order valence-corrected chi connectivity index (χ3v) is 5.17. The first-order valence-corrected chi connectivity index (χ1v) is 8.82. The van der Waals surface area contributed by atoms with Crippen molar-refractivity contribution in [3.63, 3.8) is 0 Å². The van der Waals surface area contributed by atoms with E-state index in [1.54, 1.807) is 12.4 Å². The Bertz CT molecular complexity index is 514. The molecule has 23 heavy (non-hydrogen) atoms. The number of carbonyl (C=O) groups excluding carboxylic acids is 1. The third-order valence-electron chi connectivity index (χ3n) is 5.17. The molecule has 126 valence electrons. The number of ether oxygens (including phenoxy) is 1. The van der Waals surface area contributed by atoms with Gasteiger partial charge in [0.15, 0.2) is 0 Å². The van der Waals surface area contributed by atoms with E-state index in [9.17, 15) is 4.79 Å². The third kappa shape index (κ3) is 4.02. The highest BCUT2D eigenvalue weighted by Gasteiger charge is 2.40. The zero-order chi connectivity index (χ0) is 16.1. The van der Waals surface area contributed by atoms with Crippen molar-refractivity contribution in [2.24, 2.45) is 0 Å². The molecule has 0 unspecified atom stereocenters. The van der Waals surface area contributed by atoms with Crippen LogP contribution in [0.5, 0.6) is 0 Å². The quantitative estimate of drug-likeness (QED) is 0.895. The number of urea groups is 1. The van der Waals surface area contributed by atoms with Crippen molar-refractivity contribution in [2.75, 3.05) is 6.61 Å². The van der Waals surface area contributed by atoms with Crippen molar-refractivity contribution in [1.29, 1.82) is 0 Å². The molecule has 5 nitrogen and oxygen atoms in total. The van der Waals surface area contributed by atoms with Gasteiger partial charge in [0.2, 0.25) is 0 Å². The summed E-state index contributed by atoms with van der Waals surface area (Å²) in [6.45, 7) is 2.83. The maximum absolute atomic E-state index is 12.4. The standard InChI is InChI=1S/C18H27N3O2/c1-2-16(14-5-10-19-11-6-14)21-17(22)20-15-7-12-23-18(13-15)8-3-4-9-18/h5-6,10-11,15-16H,2-4,7-9,12-13H2,1H3,(H2,20,21,22)/t15-,16+/m0/s1. The summed E-state index contributed by atoms with van der Waals surface area (Å²) in [7, 11) is 0. The Morgan fingerprint density at radius 3 is 2.83 bits per heavy atom. The summed E-state index contributed by atoms with van der Waals surface area (Å²) < 4.78 is 6.03. The van der Waals surface area contributed by atoms with Crippen LogP contribution in [-0.4, -0.2) is 29.3 Å². The molecule has 1 saturated heterocycles. The van der Waals surface area contributed by atoms with Gasteiger partial charge in [0.25, 0.3) is 0 Å². The largest absolute Gasteiger partial charge is 0.375 e. The van der Waals surface area contributed by atoms with Gasteiger partial charge in [-0.05, 0) is 49.8 Å². The van der Waals surface area contributed by atoms with Crippen LogP contribution in [0.3, 0.4) is 0 Å². The topological polar surface area (TPSA) is 63.2 Å². The Labute approximate surface area is 138 Å². The lowest BCUT2D eigenvalue weighted by Crippen LogP contribution is -2.50. The normalized spacial score (nSPS) is 24.3. The molecule has 1 aliphatic heterocycles. The number of hydrogen-bond acceptors (Lipinski definition) is 3. The molecule has 1 aromatic rings. The minimum absolute atomic E-state index is 0.0262. The Hall–Kier alpha value is -1.62. The van der Waals surface area contributed by atoms with Crippen molar-refractivity contribution in [2.45, 2.75) is 69.6 Å². The summed E-state index contributed by atoms with van der Waals surface area (Å²) in [4.78, 5) is 16.4. The molecule has 1 aliphatic carbocycles. The molecule has 2 amide bonds. The molecule has 1 spiro atoms. The Morgan fingerprint density at radius 2 is 2.13 bits per heavy atom. The molecule has 2 atom stereocenters. The average molecular weight is 317 g/mol. The van der Waals surface area contributed by atoms with E-state index >= 15 is 0 Å². The molecule has 0 bridgehead atoms. The van der Waals surface area contributed by atoms with Gasteiger partial charge in [-0.2, -0.15) is 0 Å². The minimum atomic E-state index is -0.0753. The molecule has 1 aromatic heterocycles. The maximum atomic E-state index is 12.4. The van der Waals surface area contributed by atoms with Gasteiger partial charge >= 0.3 is 6.03 Å². The first kappa shape index (κ1) is 16.2. The van der Waals surface area contributed by atoms with Gasteiger partial charge in [-0.15, -0.1) is 0 Å². The Morgan fingerprint density at radius 1 is 1.39 bits per heavy atom. The highest BCUT2D eigenvalue weighted by atomic mass is 16.5. The van der Waals surface area contributed by atoms with Gasteiger partial charge < -0.3 is 15.4 Å². The van der Waals surface area contributed by atoms with Crippen molar-refractivity contribution in [3.05, 3.63) is 30.1 Å². The highest BCUT2D eigenvalue weighted by molar-refractivity contribution is 5.74. The lowest BCUT2D eigenvalue weighted by molar-refractivity contribution is -0.0820. The summed E-state index contributed by atoms with van der Waals surface area (Å²) >= 11 is 0. The number of carbonyl (C=O) groups is 1. The smallest absolute Gasteiger partial charge is 0.315 e. The van der Waals surface area contributed by atoms with Crippen molar-refractivity contribution >= 4 is 6.03 Å². The van der Waals surface area contributed by atoms with Gasteiger partial charge in [-0.1, -0.05) is 19.8 Å². The molecule has 2 aliphatic rings.